The molecule has 0 bridgehead atoms. The highest BCUT2D eigenvalue weighted by atomic mass is 79.9. The molecule has 5 nitrogen and oxygen atoms in total. The molecule has 0 spiro atoms. The molecule has 3 rings (SSSR count). The third-order valence-electron chi connectivity index (χ3n) is 2.63. The van der Waals surface area contributed by atoms with Crippen LogP contribution in [0.1, 0.15) is 16.2 Å². The predicted molar refractivity (Wildman–Crippen MR) is 74.3 cm³/mol. The van der Waals surface area contributed by atoms with Gasteiger partial charge in [-0.1, -0.05) is 0 Å². The number of halogens is 1. The van der Waals surface area contributed by atoms with E-state index in [1.807, 2.05) is 29.8 Å². The number of pyridine rings is 1. The van der Waals surface area contributed by atoms with E-state index in [9.17, 15) is 4.79 Å². The van der Waals surface area contributed by atoms with Crippen LogP contribution in [0.3, 0.4) is 0 Å². The molecule has 1 amide bonds. The Kier molecular flexibility index (Phi) is 2.87. The van der Waals surface area contributed by atoms with E-state index in [1.54, 1.807) is 18.2 Å². The third-order valence-corrected chi connectivity index (χ3v) is 3.05. The van der Waals surface area contributed by atoms with Gasteiger partial charge in [0, 0.05) is 12.4 Å². The van der Waals surface area contributed by atoms with Gasteiger partial charge in [0.25, 0.3) is 5.91 Å². The van der Waals surface area contributed by atoms with Crippen molar-refractivity contribution in [2.45, 2.75) is 6.92 Å². The maximum atomic E-state index is 11.9. The second-order valence-corrected chi connectivity index (χ2v) is 4.90. The second-order valence-electron chi connectivity index (χ2n) is 4.12. The van der Waals surface area contributed by atoms with Gasteiger partial charge >= 0.3 is 0 Å². The topological polar surface area (TPSA) is 59.5 Å². The van der Waals surface area contributed by atoms with Crippen molar-refractivity contribution in [2.75, 3.05) is 5.32 Å². The minimum atomic E-state index is -0.290. The summed E-state index contributed by atoms with van der Waals surface area (Å²) < 4.78 is 7.58. The van der Waals surface area contributed by atoms with E-state index in [-0.39, 0.29) is 11.7 Å². The number of furan rings is 1. The molecular weight excluding hydrogens is 310 g/mol. The fraction of sp³-hybridized carbons (Fsp3) is 0.0769. The fourth-order valence-electron chi connectivity index (χ4n) is 1.82. The molecule has 0 atom stereocenters. The van der Waals surface area contributed by atoms with Crippen molar-refractivity contribution in [1.29, 1.82) is 0 Å². The van der Waals surface area contributed by atoms with Gasteiger partial charge in [0.1, 0.15) is 5.65 Å². The lowest BCUT2D eigenvalue weighted by atomic mass is 10.3. The number of hydrogen-bond donors (Lipinski definition) is 1. The van der Waals surface area contributed by atoms with Crippen molar-refractivity contribution in [3.63, 3.8) is 0 Å². The highest BCUT2D eigenvalue weighted by molar-refractivity contribution is 9.10. The van der Waals surface area contributed by atoms with Gasteiger partial charge in [0.05, 0.1) is 11.4 Å². The molecule has 0 aliphatic heterocycles. The summed E-state index contributed by atoms with van der Waals surface area (Å²) in [5.41, 5.74) is 2.46. The van der Waals surface area contributed by atoms with E-state index in [2.05, 4.69) is 26.2 Å². The Balaban J connectivity index is 1.86. The van der Waals surface area contributed by atoms with Gasteiger partial charge in [-0.05, 0) is 47.1 Å². The lowest BCUT2D eigenvalue weighted by molar-refractivity contribution is 0.0995. The molecular formula is C13H10BrN3O2. The highest BCUT2D eigenvalue weighted by Gasteiger charge is 2.11. The molecule has 0 unspecified atom stereocenters. The summed E-state index contributed by atoms with van der Waals surface area (Å²) in [6.45, 7) is 1.92. The van der Waals surface area contributed by atoms with E-state index in [4.69, 9.17) is 4.42 Å². The van der Waals surface area contributed by atoms with Gasteiger partial charge < -0.3 is 14.1 Å². The summed E-state index contributed by atoms with van der Waals surface area (Å²) in [6, 6.07) is 6.94. The first-order valence-corrected chi connectivity index (χ1v) is 6.43. The zero-order valence-electron chi connectivity index (χ0n) is 10.1. The summed E-state index contributed by atoms with van der Waals surface area (Å²) >= 11 is 3.16. The predicted octanol–water partition coefficient (Wildman–Crippen LogP) is 3.25. The number of hydrogen-bond acceptors (Lipinski definition) is 3. The van der Waals surface area contributed by atoms with Gasteiger partial charge in [-0.25, -0.2) is 4.98 Å². The molecule has 6 heteroatoms. The van der Waals surface area contributed by atoms with Crippen LogP contribution in [-0.4, -0.2) is 15.3 Å². The Morgan fingerprint density at radius 1 is 1.32 bits per heavy atom. The maximum absolute atomic E-state index is 11.9. The van der Waals surface area contributed by atoms with Crippen LogP contribution in [0, 0.1) is 6.92 Å². The zero-order valence-corrected chi connectivity index (χ0v) is 11.6. The van der Waals surface area contributed by atoms with Crippen LogP contribution in [0.15, 0.2) is 45.7 Å². The molecule has 0 saturated heterocycles. The van der Waals surface area contributed by atoms with Crippen molar-refractivity contribution >= 4 is 33.2 Å². The number of aryl methyl sites for hydroxylation is 1. The van der Waals surface area contributed by atoms with Crippen LogP contribution in [0.25, 0.3) is 5.65 Å². The van der Waals surface area contributed by atoms with Gasteiger partial charge in [-0.15, -0.1) is 0 Å². The van der Waals surface area contributed by atoms with Crippen molar-refractivity contribution < 1.29 is 9.21 Å². The van der Waals surface area contributed by atoms with Crippen LogP contribution in [0.4, 0.5) is 5.69 Å². The van der Waals surface area contributed by atoms with E-state index < -0.39 is 0 Å². The summed E-state index contributed by atoms with van der Waals surface area (Å²) in [5.74, 6) is -0.0318. The average molecular weight is 320 g/mol. The van der Waals surface area contributed by atoms with Gasteiger partial charge in [0.2, 0.25) is 0 Å². The Hall–Kier alpha value is -2.08. The fourth-order valence-corrected chi connectivity index (χ4v) is 2.13. The number of amides is 1. The Bertz CT molecular complexity index is 760. The number of aromatic nitrogens is 2. The summed E-state index contributed by atoms with van der Waals surface area (Å²) in [7, 11) is 0. The standard InChI is InChI=1S/C13H10BrN3O2/c1-8-6-17-7-9(2-5-12(17)15-8)16-13(18)10-3-4-11(14)19-10/h2-7H,1H3,(H,16,18). The number of nitrogens with zero attached hydrogens (tertiary/aromatic N) is 2. The van der Waals surface area contributed by atoms with Crippen LogP contribution in [0.2, 0.25) is 0 Å². The van der Waals surface area contributed by atoms with E-state index in [0.29, 0.717) is 10.4 Å². The molecule has 96 valence electrons. The minimum Gasteiger partial charge on any atom is -0.444 e. The number of nitrogens with one attached hydrogen (secondary N) is 1. The van der Waals surface area contributed by atoms with Gasteiger partial charge in [-0.2, -0.15) is 0 Å². The number of carbonyl (C=O) groups excluding carboxylic acids is 1. The summed E-state index contributed by atoms with van der Waals surface area (Å²) in [6.07, 6.45) is 3.71. The molecule has 0 aliphatic carbocycles. The monoisotopic (exact) mass is 319 g/mol. The average Bonchev–Trinajstić information content (AvgIpc) is 2.93. The summed E-state index contributed by atoms with van der Waals surface area (Å²) in [4.78, 5) is 16.2. The number of anilines is 1. The van der Waals surface area contributed by atoms with Crippen LogP contribution < -0.4 is 5.32 Å². The smallest absolute Gasteiger partial charge is 0.291 e. The molecule has 1 N–H and O–H groups in total. The molecule has 0 radical (unpaired) electrons. The molecule has 19 heavy (non-hydrogen) atoms. The first-order chi connectivity index (χ1) is 9.11. The largest absolute Gasteiger partial charge is 0.444 e. The lowest BCUT2D eigenvalue weighted by Gasteiger charge is -2.03. The third kappa shape index (κ3) is 2.39. The molecule has 3 heterocycles. The van der Waals surface area contributed by atoms with E-state index in [0.717, 1.165) is 11.3 Å². The Morgan fingerprint density at radius 3 is 2.89 bits per heavy atom. The van der Waals surface area contributed by atoms with Gasteiger partial charge in [0.15, 0.2) is 10.4 Å². The zero-order chi connectivity index (χ0) is 13.4. The normalized spacial score (nSPS) is 10.8. The molecule has 0 aliphatic rings. The SMILES string of the molecule is Cc1cn2cc(NC(=O)c3ccc(Br)o3)ccc2n1. The number of carbonyl (C=O) groups is 1. The van der Waals surface area contributed by atoms with E-state index >= 15 is 0 Å². The first kappa shape index (κ1) is 12.0. The second kappa shape index (κ2) is 4.55. The molecule has 0 aromatic carbocycles. The number of imidazole rings is 1. The van der Waals surface area contributed by atoms with Crippen molar-refractivity contribution in [2.24, 2.45) is 0 Å². The number of fused-ring (bicyclic) bond motifs is 1. The van der Waals surface area contributed by atoms with Gasteiger partial charge in [-0.3, -0.25) is 4.79 Å². The lowest BCUT2D eigenvalue weighted by Crippen LogP contribution is -2.11. The van der Waals surface area contributed by atoms with Crippen molar-refractivity contribution in [1.82, 2.24) is 9.38 Å². The Morgan fingerprint density at radius 2 is 2.16 bits per heavy atom. The number of rotatable bonds is 2. The van der Waals surface area contributed by atoms with Crippen LogP contribution >= 0.6 is 15.9 Å². The summed E-state index contributed by atoms with van der Waals surface area (Å²) in [5, 5.41) is 2.77. The quantitative estimate of drug-likeness (QED) is 0.788. The highest BCUT2D eigenvalue weighted by Crippen LogP contribution is 2.16. The van der Waals surface area contributed by atoms with Crippen LogP contribution in [0.5, 0.6) is 0 Å². The minimum absolute atomic E-state index is 0.258. The molecule has 3 aromatic rings. The molecule has 0 saturated carbocycles. The van der Waals surface area contributed by atoms with Crippen molar-refractivity contribution in [3.8, 4) is 0 Å². The molecule has 0 fully saturated rings. The van der Waals surface area contributed by atoms with Crippen LogP contribution in [-0.2, 0) is 0 Å². The Labute approximate surface area is 117 Å². The molecule has 3 aromatic heterocycles. The van der Waals surface area contributed by atoms with Crippen molar-refractivity contribution in [3.05, 3.63) is 52.8 Å². The first-order valence-electron chi connectivity index (χ1n) is 5.64. The van der Waals surface area contributed by atoms with E-state index in [1.165, 1.54) is 0 Å². The maximum Gasteiger partial charge on any atom is 0.291 e.